The zero-order valence-corrected chi connectivity index (χ0v) is 13.3. The molecule has 1 rings (SSSR count). The van der Waals surface area contributed by atoms with Crippen molar-refractivity contribution < 1.29 is 19.3 Å². The summed E-state index contributed by atoms with van der Waals surface area (Å²) in [5.74, 6) is 1.86. The van der Waals surface area contributed by atoms with Crippen LogP contribution in [0.5, 0.6) is 11.5 Å². The molecule has 2 N–H and O–H groups in total. The van der Waals surface area contributed by atoms with E-state index in [0.29, 0.717) is 24.8 Å². The van der Waals surface area contributed by atoms with Gasteiger partial charge in [-0.05, 0) is 18.1 Å². The highest BCUT2D eigenvalue weighted by Gasteiger charge is 2.14. The number of aliphatic hydroxyl groups excluding tert-OH is 1. The molecule has 0 spiro atoms. The predicted molar refractivity (Wildman–Crippen MR) is 83.0 cm³/mol. The van der Waals surface area contributed by atoms with Crippen LogP contribution in [0.25, 0.3) is 0 Å². The monoisotopic (exact) mass is 297 g/mol. The molecule has 0 aliphatic heterocycles. The Morgan fingerprint density at radius 2 is 1.86 bits per heavy atom. The Bertz CT molecular complexity index is 398. The smallest absolute Gasteiger partial charge is 0.123 e. The van der Waals surface area contributed by atoms with Crippen LogP contribution >= 0.6 is 0 Å². The van der Waals surface area contributed by atoms with Gasteiger partial charge in [-0.2, -0.15) is 0 Å². The molecule has 2 unspecified atom stereocenters. The van der Waals surface area contributed by atoms with Crippen LogP contribution < -0.4 is 14.8 Å². The van der Waals surface area contributed by atoms with Crippen LogP contribution in [0.2, 0.25) is 0 Å². The normalized spacial score (nSPS) is 14.0. The first kappa shape index (κ1) is 17.8. The lowest BCUT2D eigenvalue weighted by molar-refractivity contribution is 0.0900. The first-order valence-corrected chi connectivity index (χ1v) is 7.24. The van der Waals surface area contributed by atoms with Gasteiger partial charge in [-0.15, -0.1) is 0 Å². The van der Waals surface area contributed by atoms with Crippen LogP contribution in [0.15, 0.2) is 24.3 Å². The van der Waals surface area contributed by atoms with Gasteiger partial charge in [0.15, 0.2) is 0 Å². The van der Waals surface area contributed by atoms with Gasteiger partial charge in [0, 0.05) is 25.8 Å². The van der Waals surface area contributed by atoms with Gasteiger partial charge in [0.05, 0.1) is 13.7 Å². The molecule has 0 heterocycles. The Balaban J connectivity index is 2.34. The van der Waals surface area contributed by atoms with Gasteiger partial charge in [0.25, 0.3) is 0 Å². The summed E-state index contributed by atoms with van der Waals surface area (Å²) in [5.41, 5.74) is 0. The maximum atomic E-state index is 9.98. The van der Waals surface area contributed by atoms with Crippen molar-refractivity contribution in [1.82, 2.24) is 5.32 Å². The third-order valence-electron chi connectivity index (χ3n) is 3.25. The van der Waals surface area contributed by atoms with Gasteiger partial charge in [-0.3, -0.25) is 0 Å². The Hall–Kier alpha value is -1.30. The van der Waals surface area contributed by atoms with E-state index in [2.05, 4.69) is 19.2 Å². The van der Waals surface area contributed by atoms with Crippen molar-refractivity contribution in [3.05, 3.63) is 24.3 Å². The summed E-state index contributed by atoms with van der Waals surface area (Å²) in [4.78, 5) is 0. The topological polar surface area (TPSA) is 60.0 Å². The summed E-state index contributed by atoms with van der Waals surface area (Å²) in [7, 11) is 3.29. The summed E-state index contributed by atoms with van der Waals surface area (Å²) in [6.07, 6.45) is -0.575. The standard InChI is InChI=1S/C16H27NO4/c1-12(2)16(11-19-3)17-9-13(18)10-21-15-7-5-6-14(8-15)20-4/h5-8,12-13,16-18H,9-11H2,1-4H3. The lowest BCUT2D eigenvalue weighted by Crippen LogP contribution is -2.43. The van der Waals surface area contributed by atoms with E-state index < -0.39 is 6.10 Å². The molecule has 0 saturated carbocycles. The van der Waals surface area contributed by atoms with Gasteiger partial charge in [0.2, 0.25) is 0 Å². The van der Waals surface area contributed by atoms with E-state index in [4.69, 9.17) is 14.2 Å². The molecule has 1 aromatic rings. The predicted octanol–water partition coefficient (Wildman–Crippen LogP) is 1.70. The van der Waals surface area contributed by atoms with Gasteiger partial charge < -0.3 is 24.6 Å². The minimum absolute atomic E-state index is 0.224. The highest BCUT2D eigenvalue weighted by atomic mass is 16.5. The van der Waals surface area contributed by atoms with E-state index in [9.17, 15) is 5.11 Å². The van der Waals surface area contributed by atoms with Crippen molar-refractivity contribution >= 4 is 0 Å². The first-order valence-electron chi connectivity index (χ1n) is 7.24. The number of rotatable bonds is 10. The van der Waals surface area contributed by atoms with Crippen LogP contribution in [-0.2, 0) is 4.74 Å². The molecule has 5 nitrogen and oxygen atoms in total. The molecule has 120 valence electrons. The van der Waals surface area contributed by atoms with Crippen molar-refractivity contribution in [3.63, 3.8) is 0 Å². The summed E-state index contributed by atoms with van der Waals surface area (Å²) < 4.78 is 15.9. The number of methoxy groups -OCH3 is 2. The molecule has 0 aliphatic carbocycles. The lowest BCUT2D eigenvalue weighted by atomic mass is 10.1. The fourth-order valence-corrected chi connectivity index (χ4v) is 1.90. The van der Waals surface area contributed by atoms with Crippen molar-refractivity contribution in [1.29, 1.82) is 0 Å². The average Bonchev–Trinajstić information content (AvgIpc) is 2.49. The molecule has 0 fully saturated rings. The maximum absolute atomic E-state index is 9.98. The van der Waals surface area contributed by atoms with Gasteiger partial charge in [-0.25, -0.2) is 0 Å². The third-order valence-corrected chi connectivity index (χ3v) is 3.25. The maximum Gasteiger partial charge on any atom is 0.123 e. The second-order valence-electron chi connectivity index (χ2n) is 5.36. The zero-order valence-electron chi connectivity index (χ0n) is 13.3. The number of hydrogen-bond donors (Lipinski definition) is 2. The second-order valence-corrected chi connectivity index (χ2v) is 5.36. The van der Waals surface area contributed by atoms with Crippen LogP contribution in [-0.4, -0.2) is 51.2 Å². The summed E-state index contributed by atoms with van der Waals surface area (Å²) in [6.45, 7) is 5.57. The van der Waals surface area contributed by atoms with Gasteiger partial charge in [-0.1, -0.05) is 19.9 Å². The van der Waals surface area contributed by atoms with Crippen LogP contribution in [0.4, 0.5) is 0 Å². The van der Waals surface area contributed by atoms with E-state index in [-0.39, 0.29) is 12.6 Å². The highest BCUT2D eigenvalue weighted by Crippen LogP contribution is 2.18. The Kier molecular flexibility index (Phi) is 8.12. The van der Waals surface area contributed by atoms with Crippen molar-refractivity contribution in [2.24, 2.45) is 5.92 Å². The molecular formula is C16H27NO4. The fourth-order valence-electron chi connectivity index (χ4n) is 1.90. The molecule has 0 saturated heterocycles. The number of nitrogens with one attached hydrogen (secondary N) is 1. The Morgan fingerprint density at radius 1 is 1.14 bits per heavy atom. The van der Waals surface area contributed by atoms with E-state index in [1.807, 2.05) is 18.2 Å². The number of benzene rings is 1. The molecule has 0 aliphatic rings. The van der Waals surface area contributed by atoms with E-state index in [1.165, 1.54) is 0 Å². The molecule has 0 amide bonds. The molecule has 2 atom stereocenters. The van der Waals surface area contributed by atoms with Gasteiger partial charge >= 0.3 is 0 Å². The van der Waals surface area contributed by atoms with E-state index in [0.717, 1.165) is 5.75 Å². The van der Waals surface area contributed by atoms with Crippen LogP contribution in [0.3, 0.4) is 0 Å². The quantitative estimate of drug-likeness (QED) is 0.688. The molecular weight excluding hydrogens is 270 g/mol. The van der Waals surface area contributed by atoms with Crippen molar-refractivity contribution in [2.45, 2.75) is 26.0 Å². The third kappa shape index (κ3) is 6.80. The summed E-state index contributed by atoms with van der Waals surface area (Å²) in [5, 5.41) is 13.3. The lowest BCUT2D eigenvalue weighted by Gasteiger charge is -2.23. The number of aliphatic hydroxyl groups is 1. The Labute approximate surface area is 127 Å². The van der Waals surface area contributed by atoms with Crippen molar-refractivity contribution in [3.8, 4) is 11.5 Å². The number of hydrogen-bond acceptors (Lipinski definition) is 5. The molecule has 0 radical (unpaired) electrons. The molecule has 0 aromatic heterocycles. The minimum Gasteiger partial charge on any atom is -0.497 e. The van der Waals surface area contributed by atoms with E-state index >= 15 is 0 Å². The average molecular weight is 297 g/mol. The zero-order chi connectivity index (χ0) is 15.7. The van der Waals surface area contributed by atoms with Crippen LogP contribution in [0, 0.1) is 5.92 Å². The minimum atomic E-state index is -0.575. The SMILES string of the molecule is COCC(NCC(O)COc1cccc(OC)c1)C(C)C. The molecule has 5 heteroatoms. The Morgan fingerprint density at radius 3 is 2.48 bits per heavy atom. The molecule has 0 bridgehead atoms. The summed E-state index contributed by atoms with van der Waals surface area (Å²) >= 11 is 0. The molecule has 21 heavy (non-hydrogen) atoms. The fraction of sp³-hybridized carbons (Fsp3) is 0.625. The summed E-state index contributed by atoms with van der Waals surface area (Å²) in [6, 6.07) is 7.56. The van der Waals surface area contributed by atoms with E-state index in [1.54, 1.807) is 20.3 Å². The highest BCUT2D eigenvalue weighted by molar-refractivity contribution is 5.32. The van der Waals surface area contributed by atoms with Gasteiger partial charge in [0.1, 0.15) is 24.2 Å². The molecule has 1 aromatic carbocycles. The first-order chi connectivity index (χ1) is 10.1. The number of ether oxygens (including phenoxy) is 3. The largest absolute Gasteiger partial charge is 0.497 e. The second kappa shape index (κ2) is 9.60. The van der Waals surface area contributed by atoms with Crippen LogP contribution in [0.1, 0.15) is 13.8 Å². The van der Waals surface area contributed by atoms with Crippen molar-refractivity contribution in [2.75, 3.05) is 34.0 Å².